The third kappa shape index (κ3) is 2.15. The lowest BCUT2D eigenvalue weighted by Crippen LogP contribution is -2.28. The molecule has 6 heteroatoms. The van der Waals surface area contributed by atoms with E-state index in [0.29, 0.717) is 26.1 Å². The maximum Gasteiger partial charge on any atom is 0.414 e. The maximum absolute atomic E-state index is 11.8. The fourth-order valence-corrected chi connectivity index (χ4v) is 2.44. The predicted molar refractivity (Wildman–Crippen MR) is 70.1 cm³/mol. The number of nitrogens with two attached hydrogens (primary N) is 1. The highest BCUT2D eigenvalue weighted by Gasteiger charge is 2.29. The molecule has 3 rings (SSSR count). The fourth-order valence-electron chi connectivity index (χ4n) is 2.44. The summed E-state index contributed by atoms with van der Waals surface area (Å²) < 4.78 is 4.91. The smallest absolute Gasteiger partial charge is 0.414 e. The van der Waals surface area contributed by atoms with Gasteiger partial charge in [0.15, 0.2) is 0 Å². The molecular weight excluding hydrogens is 246 g/mol. The molecule has 0 radical (unpaired) electrons. The van der Waals surface area contributed by atoms with Crippen LogP contribution >= 0.6 is 0 Å². The molecule has 0 aliphatic carbocycles. The zero-order chi connectivity index (χ0) is 13.4. The molecule has 19 heavy (non-hydrogen) atoms. The number of benzene rings is 1. The van der Waals surface area contributed by atoms with Crippen molar-refractivity contribution in [2.45, 2.75) is 12.5 Å². The van der Waals surface area contributed by atoms with Gasteiger partial charge in [0.25, 0.3) is 0 Å². The Morgan fingerprint density at radius 1 is 1.21 bits per heavy atom. The van der Waals surface area contributed by atoms with Crippen LogP contribution in [0.15, 0.2) is 24.3 Å². The molecular formula is C13H15N3O3. The molecule has 2 N–H and O–H groups in total. The number of ether oxygens (including phenoxy) is 1. The van der Waals surface area contributed by atoms with E-state index in [1.165, 1.54) is 0 Å². The largest absolute Gasteiger partial charge is 0.447 e. The molecule has 1 aromatic rings. The number of cyclic esters (lactones) is 1. The molecule has 2 aliphatic heterocycles. The first-order valence-electron chi connectivity index (χ1n) is 6.25. The number of rotatable bonds is 2. The molecule has 2 amide bonds. The summed E-state index contributed by atoms with van der Waals surface area (Å²) in [5.41, 5.74) is 7.31. The van der Waals surface area contributed by atoms with E-state index in [2.05, 4.69) is 0 Å². The minimum atomic E-state index is -0.346. The lowest BCUT2D eigenvalue weighted by atomic mass is 10.2. The summed E-state index contributed by atoms with van der Waals surface area (Å²) in [6.45, 7) is 1.46. The van der Waals surface area contributed by atoms with Crippen LogP contribution in [0.25, 0.3) is 0 Å². The maximum atomic E-state index is 11.8. The van der Waals surface area contributed by atoms with Crippen LogP contribution < -0.4 is 15.5 Å². The molecule has 2 aliphatic rings. The second-order valence-corrected chi connectivity index (χ2v) is 4.75. The molecule has 1 atom stereocenters. The van der Waals surface area contributed by atoms with Crippen molar-refractivity contribution in [3.05, 3.63) is 24.3 Å². The van der Waals surface area contributed by atoms with Crippen LogP contribution in [-0.4, -0.2) is 37.7 Å². The first kappa shape index (κ1) is 12.0. The van der Waals surface area contributed by atoms with E-state index in [0.717, 1.165) is 11.4 Å². The van der Waals surface area contributed by atoms with Gasteiger partial charge in [-0.25, -0.2) is 4.79 Å². The third-order valence-corrected chi connectivity index (χ3v) is 3.37. The topological polar surface area (TPSA) is 75.9 Å². The van der Waals surface area contributed by atoms with Crippen LogP contribution in [0.3, 0.4) is 0 Å². The Balaban J connectivity index is 1.88. The lowest BCUT2D eigenvalue weighted by Gasteiger charge is -2.19. The van der Waals surface area contributed by atoms with E-state index in [4.69, 9.17) is 10.5 Å². The second kappa shape index (κ2) is 4.55. The normalized spacial score (nSPS) is 23.1. The Morgan fingerprint density at radius 3 is 2.53 bits per heavy atom. The fraction of sp³-hybridized carbons (Fsp3) is 0.385. The van der Waals surface area contributed by atoms with Gasteiger partial charge in [0.05, 0.1) is 6.54 Å². The van der Waals surface area contributed by atoms with Crippen LogP contribution in [0.1, 0.15) is 6.42 Å². The Labute approximate surface area is 110 Å². The Bertz CT molecular complexity index is 532. The molecule has 100 valence electrons. The predicted octanol–water partition coefficient (Wildman–Crippen LogP) is 0.707. The van der Waals surface area contributed by atoms with Gasteiger partial charge < -0.3 is 15.4 Å². The average molecular weight is 261 g/mol. The van der Waals surface area contributed by atoms with Crippen LogP contribution in [-0.2, 0) is 9.53 Å². The van der Waals surface area contributed by atoms with Crippen LogP contribution in [0, 0.1) is 0 Å². The summed E-state index contributed by atoms with van der Waals surface area (Å²) in [5, 5.41) is 0. The summed E-state index contributed by atoms with van der Waals surface area (Å²) in [6, 6.07) is 7.21. The number of anilines is 2. The number of nitrogens with zero attached hydrogens (tertiary/aromatic N) is 2. The number of amides is 2. The number of carbonyl (C=O) groups is 2. The zero-order valence-corrected chi connectivity index (χ0v) is 10.4. The second-order valence-electron chi connectivity index (χ2n) is 4.75. The van der Waals surface area contributed by atoms with Crippen molar-refractivity contribution in [1.82, 2.24) is 0 Å². The monoisotopic (exact) mass is 261 g/mol. The van der Waals surface area contributed by atoms with E-state index < -0.39 is 0 Å². The molecule has 6 nitrogen and oxygen atoms in total. The Hall–Kier alpha value is -2.08. The molecule has 1 aromatic carbocycles. The van der Waals surface area contributed by atoms with Crippen LogP contribution in [0.2, 0.25) is 0 Å². The minimum absolute atomic E-state index is 0.0219. The average Bonchev–Trinajstić information content (AvgIpc) is 2.95. The van der Waals surface area contributed by atoms with Crippen molar-refractivity contribution in [2.24, 2.45) is 5.73 Å². The summed E-state index contributed by atoms with van der Waals surface area (Å²) in [6.07, 6.45) is 0.0253. The molecule has 2 heterocycles. The highest BCUT2D eigenvalue weighted by Crippen LogP contribution is 2.27. The van der Waals surface area contributed by atoms with Gasteiger partial charge in [-0.3, -0.25) is 9.69 Å². The first-order chi connectivity index (χ1) is 9.15. The van der Waals surface area contributed by atoms with E-state index in [1.54, 1.807) is 9.80 Å². The number of hydrogen-bond acceptors (Lipinski definition) is 4. The highest BCUT2D eigenvalue weighted by atomic mass is 16.6. The van der Waals surface area contributed by atoms with E-state index in [9.17, 15) is 9.59 Å². The van der Waals surface area contributed by atoms with Gasteiger partial charge in [0.2, 0.25) is 5.91 Å². The van der Waals surface area contributed by atoms with Crippen LogP contribution in [0.4, 0.5) is 16.2 Å². The van der Waals surface area contributed by atoms with E-state index in [1.807, 2.05) is 24.3 Å². The molecule has 0 bridgehead atoms. The van der Waals surface area contributed by atoms with Crippen molar-refractivity contribution in [3.8, 4) is 0 Å². The van der Waals surface area contributed by atoms with Crippen LogP contribution in [0.5, 0.6) is 0 Å². The van der Waals surface area contributed by atoms with Crippen molar-refractivity contribution in [2.75, 3.05) is 29.5 Å². The molecule has 1 unspecified atom stereocenters. The van der Waals surface area contributed by atoms with Gasteiger partial charge in [-0.2, -0.15) is 0 Å². The number of carbonyl (C=O) groups excluding carboxylic acids is 2. The number of hydrogen-bond donors (Lipinski definition) is 1. The minimum Gasteiger partial charge on any atom is -0.447 e. The van der Waals surface area contributed by atoms with Gasteiger partial charge in [0, 0.05) is 30.4 Å². The third-order valence-electron chi connectivity index (χ3n) is 3.37. The first-order valence-corrected chi connectivity index (χ1v) is 6.25. The van der Waals surface area contributed by atoms with Gasteiger partial charge in [0.1, 0.15) is 6.61 Å². The zero-order valence-electron chi connectivity index (χ0n) is 10.4. The summed E-state index contributed by atoms with van der Waals surface area (Å²) >= 11 is 0. The SMILES string of the molecule is NC1CC(=O)N(c2cccc(N3CCOC3=O)c2)C1. The Morgan fingerprint density at radius 2 is 1.95 bits per heavy atom. The highest BCUT2D eigenvalue weighted by molar-refractivity contribution is 5.97. The van der Waals surface area contributed by atoms with E-state index >= 15 is 0 Å². The van der Waals surface area contributed by atoms with Gasteiger partial charge >= 0.3 is 6.09 Å². The molecule has 2 fully saturated rings. The van der Waals surface area contributed by atoms with Crippen molar-refractivity contribution < 1.29 is 14.3 Å². The van der Waals surface area contributed by atoms with Crippen molar-refractivity contribution >= 4 is 23.4 Å². The summed E-state index contributed by atoms with van der Waals surface area (Å²) in [4.78, 5) is 26.6. The lowest BCUT2D eigenvalue weighted by molar-refractivity contribution is -0.117. The van der Waals surface area contributed by atoms with Gasteiger partial charge in [-0.1, -0.05) is 6.07 Å². The van der Waals surface area contributed by atoms with Gasteiger partial charge in [-0.05, 0) is 18.2 Å². The Kier molecular flexibility index (Phi) is 2.87. The standard InChI is InChI=1S/C13H15N3O3/c14-9-6-12(17)16(8-9)11-3-1-2-10(7-11)15-4-5-19-13(15)18/h1-3,7,9H,4-6,8,14H2. The van der Waals surface area contributed by atoms with Crippen molar-refractivity contribution in [1.29, 1.82) is 0 Å². The van der Waals surface area contributed by atoms with Crippen molar-refractivity contribution in [3.63, 3.8) is 0 Å². The quantitative estimate of drug-likeness (QED) is 0.850. The molecule has 2 saturated heterocycles. The molecule has 0 spiro atoms. The summed E-state index contributed by atoms with van der Waals surface area (Å²) in [7, 11) is 0. The molecule has 0 saturated carbocycles. The van der Waals surface area contributed by atoms with E-state index in [-0.39, 0.29) is 18.0 Å². The van der Waals surface area contributed by atoms with Gasteiger partial charge in [-0.15, -0.1) is 0 Å². The summed E-state index contributed by atoms with van der Waals surface area (Å²) in [5.74, 6) is 0.0219. The molecule has 0 aromatic heterocycles.